The van der Waals surface area contributed by atoms with Crippen molar-refractivity contribution in [2.75, 3.05) is 18.1 Å². The van der Waals surface area contributed by atoms with E-state index in [4.69, 9.17) is 5.73 Å². The summed E-state index contributed by atoms with van der Waals surface area (Å²) in [6.07, 6.45) is 1.11. The molecule has 60 valence electrons. The molecule has 0 bridgehead atoms. The number of thioether (sulfide) groups is 1. The fourth-order valence-electron chi connectivity index (χ4n) is 1.23. The van der Waals surface area contributed by atoms with Gasteiger partial charge in [0.15, 0.2) is 0 Å². The molecule has 3 heteroatoms. The van der Waals surface area contributed by atoms with E-state index in [9.17, 15) is 4.39 Å². The molecule has 0 aliphatic carbocycles. The van der Waals surface area contributed by atoms with E-state index in [2.05, 4.69) is 0 Å². The third-order valence-corrected chi connectivity index (χ3v) is 3.10. The number of halogens is 1. The van der Waals surface area contributed by atoms with Crippen molar-refractivity contribution in [3.05, 3.63) is 0 Å². The topological polar surface area (TPSA) is 26.0 Å². The van der Waals surface area contributed by atoms with Gasteiger partial charge < -0.3 is 5.73 Å². The van der Waals surface area contributed by atoms with Gasteiger partial charge in [0.05, 0.1) is 0 Å². The molecule has 1 saturated heterocycles. The number of hydrogen-bond donors (Lipinski definition) is 1. The second kappa shape index (κ2) is 4.19. The average Bonchev–Trinajstić information content (AvgIpc) is 2.40. The lowest BCUT2D eigenvalue weighted by atomic mass is 10.0. The summed E-state index contributed by atoms with van der Waals surface area (Å²) in [6.45, 7) is 0.196. The molecule has 1 fully saturated rings. The van der Waals surface area contributed by atoms with Crippen molar-refractivity contribution in [2.45, 2.75) is 19.0 Å². The Morgan fingerprint density at radius 2 is 2.50 bits per heavy atom. The van der Waals surface area contributed by atoms with Gasteiger partial charge in [-0.1, -0.05) is 0 Å². The quantitative estimate of drug-likeness (QED) is 0.681. The standard InChI is InChI=1S/C7H14FNS/c8-7(4-9)3-6-1-2-10-5-6/h6-7H,1-5,9H2. The molecular weight excluding hydrogens is 149 g/mol. The van der Waals surface area contributed by atoms with Gasteiger partial charge >= 0.3 is 0 Å². The van der Waals surface area contributed by atoms with Crippen LogP contribution in [0.4, 0.5) is 4.39 Å². The normalized spacial score (nSPS) is 28.8. The van der Waals surface area contributed by atoms with Gasteiger partial charge in [-0.3, -0.25) is 0 Å². The zero-order valence-corrected chi connectivity index (χ0v) is 6.87. The Bertz CT molecular complexity index is 93.6. The predicted molar refractivity (Wildman–Crippen MR) is 44.0 cm³/mol. The minimum absolute atomic E-state index is 0.196. The van der Waals surface area contributed by atoms with Crippen LogP contribution in [0.25, 0.3) is 0 Å². The van der Waals surface area contributed by atoms with Crippen molar-refractivity contribution in [3.63, 3.8) is 0 Å². The van der Waals surface area contributed by atoms with E-state index in [-0.39, 0.29) is 6.54 Å². The lowest BCUT2D eigenvalue weighted by Gasteiger charge is -2.09. The minimum atomic E-state index is -0.760. The Morgan fingerprint density at radius 3 is 3.00 bits per heavy atom. The van der Waals surface area contributed by atoms with Crippen molar-refractivity contribution in [3.8, 4) is 0 Å². The van der Waals surface area contributed by atoms with Gasteiger partial charge in [0.1, 0.15) is 6.17 Å². The maximum Gasteiger partial charge on any atom is 0.113 e. The van der Waals surface area contributed by atoms with E-state index in [1.807, 2.05) is 11.8 Å². The monoisotopic (exact) mass is 163 g/mol. The largest absolute Gasteiger partial charge is 0.328 e. The van der Waals surface area contributed by atoms with Crippen LogP contribution in [-0.4, -0.2) is 24.2 Å². The van der Waals surface area contributed by atoms with Crippen LogP contribution in [0.2, 0.25) is 0 Å². The van der Waals surface area contributed by atoms with E-state index >= 15 is 0 Å². The Hall–Kier alpha value is 0.240. The fourth-order valence-corrected chi connectivity index (χ4v) is 2.53. The van der Waals surface area contributed by atoms with Gasteiger partial charge in [-0.05, 0) is 30.3 Å². The fraction of sp³-hybridized carbons (Fsp3) is 1.00. The molecule has 1 nitrogen and oxygen atoms in total. The molecule has 0 aromatic rings. The zero-order valence-electron chi connectivity index (χ0n) is 6.05. The lowest BCUT2D eigenvalue weighted by Crippen LogP contribution is -2.18. The SMILES string of the molecule is NCC(F)CC1CCSC1. The second-order valence-electron chi connectivity index (χ2n) is 2.80. The summed E-state index contributed by atoms with van der Waals surface area (Å²) in [7, 11) is 0. The first-order valence-electron chi connectivity index (χ1n) is 3.75. The number of alkyl halides is 1. The minimum Gasteiger partial charge on any atom is -0.328 e. The van der Waals surface area contributed by atoms with Gasteiger partial charge in [0.2, 0.25) is 0 Å². The van der Waals surface area contributed by atoms with Gasteiger partial charge in [0, 0.05) is 6.54 Å². The van der Waals surface area contributed by atoms with Crippen molar-refractivity contribution in [1.29, 1.82) is 0 Å². The summed E-state index contributed by atoms with van der Waals surface area (Å²) >= 11 is 1.93. The maximum atomic E-state index is 12.6. The molecule has 0 radical (unpaired) electrons. The molecule has 10 heavy (non-hydrogen) atoms. The molecule has 2 atom stereocenters. The van der Waals surface area contributed by atoms with Crippen molar-refractivity contribution in [2.24, 2.45) is 11.7 Å². The highest BCUT2D eigenvalue weighted by Crippen LogP contribution is 2.27. The number of nitrogens with two attached hydrogens (primary N) is 1. The summed E-state index contributed by atoms with van der Waals surface area (Å²) in [6, 6.07) is 0. The molecule has 0 aromatic carbocycles. The smallest absolute Gasteiger partial charge is 0.113 e. The van der Waals surface area contributed by atoms with Gasteiger partial charge in [0.25, 0.3) is 0 Å². The van der Waals surface area contributed by atoms with Crippen molar-refractivity contribution < 1.29 is 4.39 Å². The highest BCUT2D eigenvalue weighted by molar-refractivity contribution is 7.99. The van der Waals surface area contributed by atoms with Gasteiger partial charge in [-0.2, -0.15) is 11.8 Å². The molecule has 0 saturated carbocycles. The number of hydrogen-bond acceptors (Lipinski definition) is 2. The van der Waals surface area contributed by atoms with Crippen LogP contribution in [0.15, 0.2) is 0 Å². The van der Waals surface area contributed by atoms with E-state index in [0.29, 0.717) is 12.3 Å². The molecular formula is C7H14FNS. The van der Waals surface area contributed by atoms with Crippen molar-refractivity contribution in [1.82, 2.24) is 0 Å². The summed E-state index contributed by atoms with van der Waals surface area (Å²) in [5.74, 6) is 2.95. The average molecular weight is 163 g/mol. The van der Waals surface area contributed by atoms with Crippen LogP contribution >= 0.6 is 11.8 Å². The highest BCUT2D eigenvalue weighted by atomic mass is 32.2. The van der Waals surface area contributed by atoms with Crippen LogP contribution < -0.4 is 5.73 Å². The Balaban J connectivity index is 2.11. The first-order valence-corrected chi connectivity index (χ1v) is 4.90. The van der Waals surface area contributed by atoms with E-state index in [1.54, 1.807) is 0 Å². The van der Waals surface area contributed by atoms with E-state index in [1.165, 1.54) is 12.2 Å². The Morgan fingerprint density at radius 1 is 1.70 bits per heavy atom. The molecule has 1 aliphatic rings. The van der Waals surface area contributed by atoms with Crippen LogP contribution in [0.3, 0.4) is 0 Å². The molecule has 1 aliphatic heterocycles. The summed E-state index contributed by atoms with van der Waals surface area (Å²) in [5.41, 5.74) is 5.17. The van der Waals surface area contributed by atoms with Gasteiger partial charge in [-0.25, -0.2) is 4.39 Å². The Labute approximate surface area is 65.6 Å². The maximum absolute atomic E-state index is 12.6. The van der Waals surface area contributed by atoms with E-state index in [0.717, 1.165) is 5.75 Å². The molecule has 1 rings (SSSR count). The van der Waals surface area contributed by atoms with Crippen LogP contribution in [0, 0.1) is 5.92 Å². The molecule has 0 aromatic heterocycles. The van der Waals surface area contributed by atoms with Gasteiger partial charge in [-0.15, -0.1) is 0 Å². The molecule has 0 spiro atoms. The lowest BCUT2D eigenvalue weighted by molar-refractivity contribution is 0.284. The molecule has 2 unspecified atom stereocenters. The predicted octanol–water partition coefficient (Wildman–Crippen LogP) is 1.43. The number of rotatable bonds is 3. The molecule has 0 amide bonds. The zero-order chi connectivity index (χ0) is 7.40. The molecule has 2 N–H and O–H groups in total. The molecule has 1 heterocycles. The first kappa shape index (κ1) is 8.34. The van der Waals surface area contributed by atoms with Crippen molar-refractivity contribution >= 4 is 11.8 Å². The van der Waals surface area contributed by atoms with Crippen LogP contribution in [0.5, 0.6) is 0 Å². The summed E-state index contributed by atoms with van der Waals surface area (Å²) in [4.78, 5) is 0. The summed E-state index contributed by atoms with van der Waals surface area (Å²) < 4.78 is 12.6. The first-order chi connectivity index (χ1) is 4.83. The summed E-state index contributed by atoms with van der Waals surface area (Å²) in [5, 5.41) is 0. The second-order valence-corrected chi connectivity index (χ2v) is 3.95. The third-order valence-electron chi connectivity index (χ3n) is 1.87. The third kappa shape index (κ3) is 2.46. The van der Waals surface area contributed by atoms with E-state index < -0.39 is 6.17 Å². The van der Waals surface area contributed by atoms with Crippen LogP contribution in [0.1, 0.15) is 12.8 Å². The Kier molecular flexibility index (Phi) is 3.49. The van der Waals surface area contributed by atoms with Crippen LogP contribution in [-0.2, 0) is 0 Å². The highest BCUT2D eigenvalue weighted by Gasteiger charge is 2.18.